The van der Waals surface area contributed by atoms with Crippen LogP contribution in [0.15, 0.2) is 23.5 Å². The van der Waals surface area contributed by atoms with Crippen LogP contribution in [0.3, 0.4) is 0 Å². The summed E-state index contributed by atoms with van der Waals surface area (Å²) in [5.41, 5.74) is -1.98. The number of halogens is 3. The number of alkyl halides is 3. The third-order valence-corrected chi connectivity index (χ3v) is 7.88. The molecule has 0 bridgehead atoms. The van der Waals surface area contributed by atoms with Crippen molar-refractivity contribution in [3.05, 3.63) is 24.2 Å². The molecule has 3 heterocycles. The molecule has 1 aliphatic carbocycles. The summed E-state index contributed by atoms with van der Waals surface area (Å²) in [5.74, 6) is -3.58. The Bertz CT molecular complexity index is 1250. The molecule has 0 spiro atoms. The second-order valence-corrected chi connectivity index (χ2v) is 10.9. The van der Waals surface area contributed by atoms with Crippen LogP contribution in [-0.2, 0) is 17.1 Å². The van der Waals surface area contributed by atoms with E-state index in [1.165, 1.54) is 24.0 Å². The summed E-state index contributed by atoms with van der Waals surface area (Å²) in [5, 5.41) is 26.2. The van der Waals surface area contributed by atoms with Gasteiger partial charge in [0.2, 0.25) is 21.9 Å². The lowest BCUT2D eigenvalue weighted by Gasteiger charge is -2.34. The van der Waals surface area contributed by atoms with Crippen molar-refractivity contribution in [3.63, 3.8) is 0 Å². The first kappa shape index (κ1) is 25.1. The number of sulfonamides is 1. The summed E-state index contributed by atoms with van der Waals surface area (Å²) in [6.45, 7) is 0.829. The third kappa shape index (κ3) is 5.19. The molecule has 2 aromatic rings. The van der Waals surface area contributed by atoms with Gasteiger partial charge >= 0.3 is 0 Å². The fourth-order valence-electron chi connectivity index (χ4n) is 4.21. The van der Waals surface area contributed by atoms with Gasteiger partial charge in [0.25, 0.3) is 5.92 Å². The van der Waals surface area contributed by atoms with Crippen LogP contribution in [-0.4, -0.2) is 80.5 Å². The van der Waals surface area contributed by atoms with Gasteiger partial charge in [-0.15, -0.1) is 0 Å². The summed E-state index contributed by atoms with van der Waals surface area (Å²) in [4.78, 5) is 7.95. The number of hydrogen-bond acceptors (Lipinski definition) is 9. The van der Waals surface area contributed by atoms with Gasteiger partial charge in [-0.1, -0.05) is 0 Å². The zero-order chi connectivity index (χ0) is 25.6. The van der Waals surface area contributed by atoms with Crippen molar-refractivity contribution in [2.24, 2.45) is 7.05 Å². The van der Waals surface area contributed by atoms with Crippen LogP contribution in [0.5, 0.6) is 5.88 Å². The number of aryl methyl sites for hydroxylation is 1. The molecule has 0 aromatic carbocycles. The summed E-state index contributed by atoms with van der Waals surface area (Å²) in [6.07, 6.45) is -0.783. The summed E-state index contributed by atoms with van der Waals surface area (Å²) in [7, 11) is -2.34. The fraction of sp³-hybridized carbons (Fsp3) is 0.600. The number of anilines is 1. The Morgan fingerprint density at radius 1 is 1.37 bits per heavy atom. The normalized spacial score (nSPS) is 29.0. The van der Waals surface area contributed by atoms with Crippen molar-refractivity contribution in [1.29, 1.82) is 5.26 Å². The molecule has 0 radical (unpaired) electrons. The van der Waals surface area contributed by atoms with Gasteiger partial charge in [-0.2, -0.15) is 19.6 Å². The van der Waals surface area contributed by atoms with Gasteiger partial charge in [0.15, 0.2) is 0 Å². The van der Waals surface area contributed by atoms with E-state index in [0.29, 0.717) is 0 Å². The Labute approximate surface area is 199 Å². The predicted octanol–water partition coefficient (Wildman–Crippen LogP) is 1.22. The van der Waals surface area contributed by atoms with Gasteiger partial charge in [-0.05, 0) is 13.3 Å². The monoisotopic (exact) mass is 515 g/mol. The Balaban J connectivity index is 1.46. The van der Waals surface area contributed by atoms with Gasteiger partial charge in [0.1, 0.15) is 34.4 Å². The zero-order valence-corrected chi connectivity index (χ0v) is 19.7. The van der Waals surface area contributed by atoms with Gasteiger partial charge in [0.05, 0.1) is 24.9 Å². The maximum absolute atomic E-state index is 15.0. The van der Waals surface area contributed by atoms with Crippen molar-refractivity contribution in [3.8, 4) is 11.9 Å². The molecule has 2 aromatic heterocycles. The number of ether oxygens (including phenoxy) is 1. The first-order valence-electron chi connectivity index (χ1n) is 10.7. The number of nitrogens with one attached hydrogen (secondary N) is 1. The highest BCUT2D eigenvalue weighted by Gasteiger charge is 2.54. The van der Waals surface area contributed by atoms with Crippen LogP contribution in [0, 0.1) is 11.3 Å². The number of nitriles is 1. The molecule has 2 N–H and O–H groups in total. The Hall–Kier alpha value is -2.96. The molecular weight excluding hydrogens is 491 g/mol. The fourth-order valence-corrected chi connectivity index (χ4v) is 5.66. The van der Waals surface area contributed by atoms with Crippen molar-refractivity contribution in [1.82, 2.24) is 24.1 Å². The molecule has 1 saturated heterocycles. The second-order valence-electron chi connectivity index (χ2n) is 8.99. The van der Waals surface area contributed by atoms with E-state index in [0.717, 1.165) is 10.5 Å². The molecule has 1 saturated carbocycles. The van der Waals surface area contributed by atoms with Crippen LogP contribution in [0.25, 0.3) is 0 Å². The van der Waals surface area contributed by atoms with E-state index in [2.05, 4.69) is 20.4 Å². The summed E-state index contributed by atoms with van der Waals surface area (Å²) in [6, 6.07) is 0.944. The van der Waals surface area contributed by atoms with E-state index >= 15 is 0 Å². The summed E-state index contributed by atoms with van der Waals surface area (Å²) >= 11 is 0. The van der Waals surface area contributed by atoms with Gasteiger partial charge in [-0.3, -0.25) is 4.68 Å². The third-order valence-electron chi connectivity index (χ3n) is 6.06. The number of piperidine rings is 1. The molecule has 2 fully saturated rings. The SMILES string of the molecule is Cn1cc(S(=O)(=O)N2CC[C@H](Nc3ncc(C#N)c(O[C@H]4CC(F)(F)C[C@@]4(C)O)n3)[C@H](F)C2)cn1. The van der Waals surface area contributed by atoms with Crippen LogP contribution >= 0.6 is 0 Å². The molecular formula is C20H24F3N7O4S. The highest BCUT2D eigenvalue weighted by Crippen LogP contribution is 2.43. The lowest BCUT2D eigenvalue weighted by Crippen LogP contribution is -2.50. The molecule has 4 atom stereocenters. The van der Waals surface area contributed by atoms with Crippen molar-refractivity contribution >= 4 is 16.0 Å². The summed E-state index contributed by atoms with van der Waals surface area (Å²) < 4.78 is 75.8. The highest BCUT2D eigenvalue weighted by molar-refractivity contribution is 7.89. The number of hydrogen-bond donors (Lipinski definition) is 2. The zero-order valence-electron chi connectivity index (χ0n) is 18.9. The molecule has 2 aliphatic rings. The average molecular weight is 516 g/mol. The molecule has 0 unspecified atom stereocenters. The average Bonchev–Trinajstić information content (AvgIpc) is 3.29. The van der Waals surface area contributed by atoms with Crippen LogP contribution in [0.2, 0.25) is 0 Å². The molecule has 11 nitrogen and oxygen atoms in total. The standard InChI is InChI=1S/C20H24F3N7O4S/c1-19(31)11-20(22,23)5-16(19)34-17-12(6-24)7-25-18(28-17)27-15-3-4-30(10-14(15)21)35(32,33)13-8-26-29(2)9-13/h7-9,14-16,31H,3-5,10-11H2,1-2H3,(H,25,27,28)/t14-,15+,16+,19-/m1/s1. The molecule has 35 heavy (non-hydrogen) atoms. The Morgan fingerprint density at radius 3 is 2.69 bits per heavy atom. The molecule has 1 aliphatic heterocycles. The minimum atomic E-state index is -3.91. The van der Waals surface area contributed by atoms with Crippen molar-refractivity contribution < 1.29 is 31.4 Å². The van der Waals surface area contributed by atoms with E-state index < -0.39 is 59.3 Å². The van der Waals surface area contributed by atoms with Crippen molar-refractivity contribution in [2.75, 3.05) is 18.4 Å². The van der Waals surface area contributed by atoms with Crippen LogP contribution in [0.4, 0.5) is 19.1 Å². The van der Waals surface area contributed by atoms with Crippen molar-refractivity contribution in [2.45, 2.75) is 60.9 Å². The van der Waals surface area contributed by atoms with E-state index in [9.17, 15) is 32.0 Å². The minimum Gasteiger partial charge on any atom is -0.470 e. The van der Waals surface area contributed by atoms with E-state index in [4.69, 9.17) is 4.74 Å². The predicted molar refractivity (Wildman–Crippen MR) is 115 cm³/mol. The number of rotatable bonds is 6. The molecule has 0 amide bonds. The Morgan fingerprint density at radius 2 is 2.11 bits per heavy atom. The quantitative estimate of drug-likeness (QED) is 0.580. The van der Waals surface area contributed by atoms with E-state index in [-0.39, 0.29) is 35.3 Å². The second kappa shape index (κ2) is 8.92. The maximum atomic E-state index is 15.0. The van der Waals surface area contributed by atoms with E-state index in [1.807, 2.05) is 0 Å². The first-order valence-corrected chi connectivity index (χ1v) is 12.2. The van der Waals surface area contributed by atoms with Gasteiger partial charge in [0, 0.05) is 32.8 Å². The Kier molecular flexibility index (Phi) is 6.41. The molecule has 15 heteroatoms. The largest absolute Gasteiger partial charge is 0.470 e. The lowest BCUT2D eigenvalue weighted by molar-refractivity contribution is -0.0406. The smallest absolute Gasteiger partial charge is 0.254 e. The number of aliphatic hydroxyl groups is 1. The number of nitrogens with zero attached hydrogens (tertiary/aromatic N) is 6. The maximum Gasteiger partial charge on any atom is 0.254 e. The molecule has 4 rings (SSSR count). The minimum absolute atomic E-state index is 0.0228. The van der Waals surface area contributed by atoms with E-state index in [1.54, 1.807) is 13.1 Å². The number of aromatic nitrogens is 4. The highest BCUT2D eigenvalue weighted by atomic mass is 32.2. The lowest BCUT2D eigenvalue weighted by atomic mass is 10.0. The molecule has 190 valence electrons. The topological polar surface area (TPSA) is 146 Å². The van der Waals surface area contributed by atoms with Gasteiger partial charge < -0.3 is 15.2 Å². The van der Waals surface area contributed by atoms with Gasteiger partial charge in [-0.25, -0.2) is 26.6 Å². The first-order chi connectivity index (χ1) is 16.3. The van der Waals surface area contributed by atoms with Crippen LogP contribution in [0.1, 0.15) is 31.7 Å². The van der Waals surface area contributed by atoms with Crippen LogP contribution < -0.4 is 10.1 Å².